The number of rotatable bonds is 7. The average molecular weight is 744 g/mol. The lowest BCUT2D eigenvalue weighted by Gasteiger charge is -2.12. The predicted octanol–water partition coefficient (Wildman–Crippen LogP) is 14.3. The third-order valence-electron chi connectivity index (χ3n) is 11.4. The van der Waals surface area contributed by atoms with Gasteiger partial charge in [-0.1, -0.05) is 146 Å². The van der Waals surface area contributed by atoms with Crippen LogP contribution in [0.25, 0.3) is 88.2 Å². The van der Waals surface area contributed by atoms with Crippen LogP contribution in [0.5, 0.6) is 0 Å². The first kappa shape index (κ1) is 33.6. The second-order valence-electron chi connectivity index (χ2n) is 14.9. The third kappa shape index (κ3) is 5.34. The van der Waals surface area contributed by atoms with Crippen molar-refractivity contribution in [1.29, 1.82) is 0 Å². The van der Waals surface area contributed by atoms with Gasteiger partial charge in [0.05, 0.1) is 39.2 Å². The number of aromatic nitrogens is 2. The number of allylic oxidation sites excluding steroid dienone is 2. The van der Waals surface area contributed by atoms with E-state index in [0.717, 1.165) is 72.3 Å². The van der Waals surface area contributed by atoms with E-state index in [2.05, 4.69) is 180 Å². The van der Waals surface area contributed by atoms with Gasteiger partial charge in [0.15, 0.2) is 0 Å². The number of benzene rings is 8. The number of fused-ring (bicyclic) bond motifs is 10. The molecule has 0 aliphatic heterocycles. The highest BCUT2D eigenvalue weighted by atomic mass is 16.3. The average Bonchev–Trinajstić information content (AvgIpc) is 3.94. The molecule has 0 aliphatic rings. The van der Waals surface area contributed by atoms with E-state index in [-0.39, 0.29) is 0 Å². The molecule has 0 N–H and O–H groups in total. The molecule has 0 bridgehead atoms. The summed E-state index contributed by atoms with van der Waals surface area (Å²) in [7, 11) is 0. The molecule has 0 aliphatic carbocycles. The molecule has 274 valence electrons. The minimum absolute atomic E-state index is 0.673. The van der Waals surface area contributed by atoms with Crippen molar-refractivity contribution in [2.24, 2.45) is 4.99 Å². The van der Waals surface area contributed by atoms with Gasteiger partial charge in [0.2, 0.25) is 0 Å². The summed E-state index contributed by atoms with van der Waals surface area (Å²) in [5, 5.41) is 6.87. The molecule has 4 heteroatoms. The molecule has 0 radical (unpaired) electrons. The SMILES string of the molecule is C=C(N=C(/C=C(\C)c1ccccc1)c1ccccc1)c1cccc2oc3cc(-n4c5ccccc5c5ccc6c7ccccc7n(-c7ccccc7)c6c54)ccc3c12. The Morgan fingerprint density at radius 3 is 1.71 bits per heavy atom. The van der Waals surface area contributed by atoms with Gasteiger partial charge in [0.1, 0.15) is 11.2 Å². The van der Waals surface area contributed by atoms with Crippen LogP contribution in [-0.4, -0.2) is 14.8 Å². The quantitative estimate of drug-likeness (QED) is 0.150. The highest BCUT2D eigenvalue weighted by molar-refractivity contribution is 6.24. The van der Waals surface area contributed by atoms with E-state index in [0.29, 0.717) is 5.70 Å². The van der Waals surface area contributed by atoms with Gasteiger partial charge in [-0.3, -0.25) is 0 Å². The summed E-state index contributed by atoms with van der Waals surface area (Å²) in [6, 6.07) is 66.2. The van der Waals surface area contributed by atoms with E-state index in [1.54, 1.807) is 0 Å². The van der Waals surface area contributed by atoms with Gasteiger partial charge in [0.25, 0.3) is 0 Å². The van der Waals surface area contributed by atoms with Crippen molar-refractivity contribution >= 4 is 82.5 Å². The minimum Gasteiger partial charge on any atom is -0.456 e. The molecule has 11 aromatic rings. The van der Waals surface area contributed by atoms with Crippen molar-refractivity contribution in [1.82, 2.24) is 9.13 Å². The zero-order chi connectivity index (χ0) is 38.7. The normalized spacial score (nSPS) is 12.5. The van der Waals surface area contributed by atoms with Crippen molar-refractivity contribution in [2.45, 2.75) is 6.92 Å². The van der Waals surface area contributed by atoms with Crippen molar-refractivity contribution in [2.75, 3.05) is 0 Å². The van der Waals surface area contributed by atoms with E-state index >= 15 is 0 Å². The Bertz CT molecular complexity index is 3450. The Labute approximate surface area is 335 Å². The molecular formula is C54H37N3O. The van der Waals surface area contributed by atoms with Crippen LogP contribution in [0.15, 0.2) is 210 Å². The van der Waals surface area contributed by atoms with Gasteiger partial charge in [-0.05, 0) is 66.6 Å². The molecule has 0 saturated heterocycles. The molecule has 58 heavy (non-hydrogen) atoms. The van der Waals surface area contributed by atoms with E-state index in [4.69, 9.17) is 9.41 Å². The maximum absolute atomic E-state index is 6.73. The summed E-state index contributed by atoms with van der Waals surface area (Å²) >= 11 is 0. The molecule has 0 spiro atoms. The molecule has 0 fully saturated rings. The summed E-state index contributed by atoms with van der Waals surface area (Å²) < 4.78 is 11.6. The zero-order valence-corrected chi connectivity index (χ0v) is 31.9. The lowest BCUT2D eigenvalue weighted by molar-refractivity contribution is 0.668. The fourth-order valence-electron chi connectivity index (χ4n) is 8.79. The molecule has 11 rings (SSSR count). The summed E-state index contributed by atoms with van der Waals surface area (Å²) in [4.78, 5) is 5.22. The number of hydrogen-bond donors (Lipinski definition) is 0. The number of aliphatic imine (C=N–C) groups is 1. The first-order valence-corrected chi connectivity index (χ1v) is 19.7. The summed E-state index contributed by atoms with van der Waals surface area (Å²) in [6.07, 6.45) is 2.15. The molecule has 0 atom stereocenters. The molecule has 0 amide bonds. The predicted molar refractivity (Wildman–Crippen MR) is 245 cm³/mol. The van der Waals surface area contributed by atoms with Gasteiger partial charge in [-0.25, -0.2) is 4.99 Å². The van der Waals surface area contributed by atoms with Crippen molar-refractivity contribution in [3.63, 3.8) is 0 Å². The summed E-state index contributed by atoms with van der Waals surface area (Å²) in [5.74, 6) is 0. The standard InChI is InChI=1S/C54H37N3O/c1-35(37-17-6-3-7-18-37)33-47(38-19-8-4-9-20-38)55-36(2)41-25-16-28-50-52(41)46-30-29-40(34-51(46)58-50)57-49-27-15-13-24-43(49)45-32-31-44-42-23-12-14-26-48(42)56(53(44)54(45)57)39-21-10-5-11-22-39/h3-34H,2H2,1H3/b35-33+,55-47?. The van der Waals surface area contributed by atoms with Gasteiger partial charge < -0.3 is 13.6 Å². The third-order valence-corrected chi connectivity index (χ3v) is 11.4. The van der Waals surface area contributed by atoms with Crippen molar-refractivity contribution < 1.29 is 4.42 Å². The van der Waals surface area contributed by atoms with Gasteiger partial charge >= 0.3 is 0 Å². The largest absolute Gasteiger partial charge is 0.456 e. The highest BCUT2D eigenvalue weighted by Crippen LogP contribution is 2.43. The second-order valence-corrected chi connectivity index (χ2v) is 14.9. The summed E-state index contributed by atoms with van der Waals surface area (Å²) in [6.45, 7) is 6.68. The van der Waals surface area contributed by atoms with E-state index in [9.17, 15) is 0 Å². The van der Waals surface area contributed by atoms with Crippen molar-refractivity contribution in [3.8, 4) is 11.4 Å². The molecule has 3 heterocycles. The van der Waals surface area contributed by atoms with Crippen LogP contribution in [0.1, 0.15) is 23.6 Å². The monoisotopic (exact) mass is 743 g/mol. The Hall–Kier alpha value is -7.69. The smallest absolute Gasteiger partial charge is 0.137 e. The maximum atomic E-state index is 6.73. The number of hydrogen-bond acceptors (Lipinski definition) is 2. The van der Waals surface area contributed by atoms with E-state index in [1.807, 2.05) is 36.4 Å². The molecule has 3 aromatic heterocycles. The topological polar surface area (TPSA) is 35.4 Å². The van der Waals surface area contributed by atoms with Crippen LogP contribution >= 0.6 is 0 Å². The van der Waals surface area contributed by atoms with Crippen LogP contribution < -0.4 is 0 Å². The van der Waals surface area contributed by atoms with Gasteiger partial charge in [0, 0.05) is 55.2 Å². The Kier molecular flexibility index (Phi) is 7.83. The Morgan fingerprint density at radius 1 is 0.500 bits per heavy atom. The van der Waals surface area contributed by atoms with Crippen molar-refractivity contribution in [3.05, 3.63) is 217 Å². The van der Waals surface area contributed by atoms with Crippen LogP contribution in [0.2, 0.25) is 0 Å². The zero-order valence-electron chi connectivity index (χ0n) is 31.9. The fourth-order valence-corrected chi connectivity index (χ4v) is 8.79. The second kappa shape index (κ2) is 13.5. The molecular weight excluding hydrogens is 707 g/mol. The molecule has 8 aromatic carbocycles. The van der Waals surface area contributed by atoms with Gasteiger partial charge in [-0.2, -0.15) is 0 Å². The Balaban J connectivity index is 1.11. The molecule has 0 saturated carbocycles. The highest BCUT2D eigenvalue weighted by Gasteiger charge is 2.22. The van der Waals surface area contributed by atoms with Crippen LogP contribution in [0, 0.1) is 0 Å². The Morgan fingerprint density at radius 2 is 1.05 bits per heavy atom. The number of para-hydroxylation sites is 3. The van der Waals surface area contributed by atoms with E-state index in [1.165, 1.54) is 32.6 Å². The van der Waals surface area contributed by atoms with Gasteiger partial charge in [-0.15, -0.1) is 0 Å². The van der Waals surface area contributed by atoms with Crippen LogP contribution in [-0.2, 0) is 0 Å². The molecule has 4 nitrogen and oxygen atoms in total. The van der Waals surface area contributed by atoms with Crippen LogP contribution in [0.4, 0.5) is 0 Å². The lowest BCUT2D eigenvalue weighted by atomic mass is 10.0. The first-order valence-electron chi connectivity index (χ1n) is 19.7. The van der Waals surface area contributed by atoms with E-state index < -0.39 is 0 Å². The number of furan rings is 1. The summed E-state index contributed by atoms with van der Waals surface area (Å²) in [5.41, 5.74) is 14.2. The lowest BCUT2D eigenvalue weighted by Crippen LogP contribution is -1.99. The maximum Gasteiger partial charge on any atom is 0.137 e. The minimum atomic E-state index is 0.673. The number of nitrogens with zero attached hydrogens (tertiary/aromatic N) is 3. The molecule has 0 unspecified atom stereocenters. The fraction of sp³-hybridized carbons (Fsp3) is 0.0185. The first-order chi connectivity index (χ1) is 28.6. The van der Waals surface area contributed by atoms with Crippen LogP contribution in [0.3, 0.4) is 0 Å².